The van der Waals surface area contributed by atoms with Crippen molar-refractivity contribution in [3.8, 4) is 17.7 Å². The molecule has 4 heteroatoms. The van der Waals surface area contributed by atoms with Crippen molar-refractivity contribution in [3.05, 3.63) is 51.2 Å². The maximum atomic E-state index is 8.85. The summed E-state index contributed by atoms with van der Waals surface area (Å²) in [6.07, 6.45) is 0. The van der Waals surface area contributed by atoms with E-state index in [9.17, 15) is 0 Å². The van der Waals surface area contributed by atoms with Crippen molar-refractivity contribution in [3.63, 3.8) is 0 Å². The molecule has 0 bridgehead atoms. The lowest BCUT2D eigenvalue weighted by Gasteiger charge is -2.05. The summed E-state index contributed by atoms with van der Waals surface area (Å²) < 4.78 is 6.73. The molecule has 0 N–H and O–H groups in total. The molecule has 1 aromatic carbocycles. The lowest BCUT2D eigenvalue weighted by molar-refractivity contribution is 0.461. The smallest absolute Gasteiger partial charge is 0.220 e. The zero-order valence-corrected chi connectivity index (χ0v) is 11.3. The fourth-order valence-electron chi connectivity index (χ4n) is 1.38. The lowest BCUT2D eigenvalue weighted by Crippen LogP contribution is -1.91. The first-order chi connectivity index (χ1) is 8.17. The molecule has 3 nitrogen and oxygen atoms in total. The second-order valence-electron chi connectivity index (χ2n) is 3.50. The first-order valence-corrected chi connectivity index (χ1v) is 6.07. The van der Waals surface area contributed by atoms with Gasteiger partial charge in [0.05, 0.1) is 11.6 Å². The normalized spacial score (nSPS) is 9.71. The number of nitriles is 1. The van der Waals surface area contributed by atoms with Crippen LogP contribution in [-0.2, 0) is 0 Å². The first kappa shape index (κ1) is 11.9. The number of pyridine rings is 1. The number of rotatable bonds is 2. The van der Waals surface area contributed by atoms with Crippen LogP contribution in [0.2, 0.25) is 0 Å². The van der Waals surface area contributed by atoms with Crippen molar-refractivity contribution in [1.82, 2.24) is 4.98 Å². The minimum Gasteiger partial charge on any atom is -0.439 e. The van der Waals surface area contributed by atoms with Crippen LogP contribution >= 0.6 is 22.6 Å². The molecule has 0 radical (unpaired) electrons. The van der Waals surface area contributed by atoms with Crippen LogP contribution in [0.1, 0.15) is 11.3 Å². The highest BCUT2D eigenvalue weighted by atomic mass is 127. The van der Waals surface area contributed by atoms with Crippen LogP contribution < -0.4 is 4.74 Å². The Morgan fingerprint density at radius 2 is 1.94 bits per heavy atom. The number of ether oxygens (including phenoxy) is 1. The Bertz CT molecular complexity index is 573. The molecule has 0 unspecified atom stereocenters. The van der Waals surface area contributed by atoms with Gasteiger partial charge in [-0.3, -0.25) is 0 Å². The molecule has 0 saturated carbocycles. The molecule has 0 fully saturated rings. The Morgan fingerprint density at radius 3 is 2.59 bits per heavy atom. The van der Waals surface area contributed by atoms with E-state index in [0.717, 1.165) is 9.26 Å². The van der Waals surface area contributed by atoms with Gasteiger partial charge in [0.15, 0.2) is 0 Å². The number of benzene rings is 1. The van der Waals surface area contributed by atoms with Crippen molar-refractivity contribution in [2.45, 2.75) is 6.92 Å². The SMILES string of the molecule is Cc1cc(C#N)cc(Oc2ccc(I)cc2)n1. The summed E-state index contributed by atoms with van der Waals surface area (Å²) in [6, 6.07) is 13.1. The van der Waals surface area contributed by atoms with Gasteiger partial charge in [0.2, 0.25) is 5.88 Å². The fraction of sp³-hybridized carbons (Fsp3) is 0.0769. The molecule has 0 aliphatic carbocycles. The molecular formula is C13H9IN2O. The average molecular weight is 336 g/mol. The average Bonchev–Trinajstić information content (AvgIpc) is 2.31. The van der Waals surface area contributed by atoms with E-state index in [1.54, 1.807) is 12.1 Å². The van der Waals surface area contributed by atoms with Gasteiger partial charge in [0.25, 0.3) is 0 Å². The largest absolute Gasteiger partial charge is 0.439 e. The predicted octanol–water partition coefficient (Wildman–Crippen LogP) is 3.66. The molecule has 0 saturated heterocycles. The van der Waals surface area contributed by atoms with Crippen LogP contribution in [0.3, 0.4) is 0 Å². The molecular weight excluding hydrogens is 327 g/mol. The Labute approximate surface area is 113 Å². The molecule has 1 heterocycles. The molecule has 2 rings (SSSR count). The van der Waals surface area contributed by atoms with E-state index in [2.05, 4.69) is 33.6 Å². The zero-order chi connectivity index (χ0) is 12.3. The molecule has 0 aliphatic heterocycles. The summed E-state index contributed by atoms with van der Waals surface area (Å²) in [6.45, 7) is 1.83. The van der Waals surface area contributed by atoms with Crippen molar-refractivity contribution >= 4 is 22.6 Å². The molecule has 0 amide bonds. The molecule has 0 aliphatic rings. The molecule has 1 aromatic heterocycles. The van der Waals surface area contributed by atoms with Gasteiger partial charge in [-0.25, -0.2) is 4.98 Å². The van der Waals surface area contributed by atoms with Crippen LogP contribution in [0, 0.1) is 21.8 Å². The molecule has 0 atom stereocenters. The maximum Gasteiger partial charge on any atom is 0.220 e. The molecule has 17 heavy (non-hydrogen) atoms. The van der Waals surface area contributed by atoms with E-state index in [-0.39, 0.29) is 0 Å². The van der Waals surface area contributed by atoms with Crippen molar-refractivity contribution in [2.24, 2.45) is 0 Å². The third-order valence-corrected chi connectivity index (χ3v) is 2.81. The Kier molecular flexibility index (Phi) is 3.59. The summed E-state index contributed by atoms with van der Waals surface area (Å²) in [4.78, 5) is 4.22. The van der Waals surface area contributed by atoms with Gasteiger partial charge in [0, 0.05) is 15.3 Å². The third-order valence-electron chi connectivity index (χ3n) is 2.10. The van der Waals surface area contributed by atoms with E-state index in [0.29, 0.717) is 17.2 Å². The van der Waals surface area contributed by atoms with Crippen LogP contribution in [-0.4, -0.2) is 4.98 Å². The highest BCUT2D eigenvalue weighted by molar-refractivity contribution is 14.1. The highest BCUT2D eigenvalue weighted by Crippen LogP contribution is 2.21. The Balaban J connectivity index is 2.27. The second-order valence-corrected chi connectivity index (χ2v) is 4.75. The Hall–Kier alpha value is -1.61. The summed E-state index contributed by atoms with van der Waals surface area (Å²) in [5.41, 5.74) is 1.32. The van der Waals surface area contributed by atoms with Crippen LogP contribution in [0.5, 0.6) is 11.6 Å². The molecule has 2 aromatic rings. The predicted molar refractivity (Wildman–Crippen MR) is 72.9 cm³/mol. The number of aryl methyl sites for hydroxylation is 1. The number of hydrogen-bond acceptors (Lipinski definition) is 3. The third kappa shape index (κ3) is 3.17. The summed E-state index contributed by atoms with van der Waals surface area (Å²) in [5.74, 6) is 1.16. The van der Waals surface area contributed by atoms with E-state index in [4.69, 9.17) is 10.00 Å². The van der Waals surface area contributed by atoms with Gasteiger partial charge in [-0.05, 0) is 59.8 Å². The summed E-state index contributed by atoms with van der Waals surface area (Å²) in [7, 11) is 0. The second kappa shape index (κ2) is 5.15. The van der Waals surface area contributed by atoms with E-state index >= 15 is 0 Å². The van der Waals surface area contributed by atoms with E-state index < -0.39 is 0 Å². The number of nitrogens with zero attached hydrogens (tertiary/aromatic N) is 2. The van der Waals surface area contributed by atoms with Gasteiger partial charge in [-0.1, -0.05) is 0 Å². The molecule has 84 valence electrons. The maximum absolute atomic E-state index is 8.85. The van der Waals surface area contributed by atoms with Crippen LogP contribution in [0.4, 0.5) is 0 Å². The summed E-state index contributed by atoms with van der Waals surface area (Å²) >= 11 is 2.23. The fourth-order valence-corrected chi connectivity index (χ4v) is 1.74. The van der Waals surface area contributed by atoms with Gasteiger partial charge < -0.3 is 4.74 Å². The van der Waals surface area contributed by atoms with E-state index in [1.165, 1.54) is 0 Å². The van der Waals surface area contributed by atoms with Gasteiger partial charge in [0.1, 0.15) is 5.75 Å². The number of aromatic nitrogens is 1. The van der Waals surface area contributed by atoms with Crippen molar-refractivity contribution in [2.75, 3.05) is 0 Å². The topological polar surface area (TPSA) is 45.9 Å². The standard InChI is InChI=1S/C13H9IN2O/c1-9-6-10(8-15)7-13(16-9)17-12-4-2-11(14)3-5-12/h2-7H,1H3. The Morgan fingerprint density at radius 1 is 1.24 bits per heavy atom. The van der Waals surface area contributed by atoms with Crippen molar-refractivity contribution < 1.29 is 4.74 Å². The van der Waals surface area contributed by atoms with Crippen molar-refractivity contribution in [1.29, 1.82) is 5.26 Å². The highest BCUT2D eigenvalue weighted by Gasteiger charge is 2.02. The number of halogens is 1. The quantitative estimate of drug-likeness (QED) is 0.787. The minimum absolute atomic E-state index is 0.447. The zero-order valence-electron chi connectivity index (χ0n) is 9.14. The summed E-state index contributed by atoms with van der Waals surface area (Å²) in [5, 5.41) is 8.85. The van der Waals surface area contributed by atoms with Crippen LogP contribution in [0.15, 0.2) is 36.4 Å². The van der Waals surface area contributed by atoms with Gasteiger partial charge in [-0.15, -0.1) is 0 Å². The van der Waals surface area contributed by atoms with Gasteiger partial charge >= 0.3 is 0 Å². The monoisotopic (exact) mass is 336 g/mol. The van der Waals surface area contributed by atoms with Gasteiger partial charge in [-0.2, -0.15) is 5.26 Å². The minimum atomic E-state index is 0.447. The lowest BCUT2D eigenvalue weighted by atomic mass is 10.2. The molecule has 0 spiro atoms. The van der Waals surface area contributed by atoms with E-state index in [1.807, 2.05) is 31.2 Å². The first-order valence-electron chi connectivity index (χ1n) is 4.99. The number of hydrogen-bond donors (Lipinski definition) is 0. The van der Waals surface area contributed by atoms with Crippen LogP contribution in [0.25, 0.3) is 0 Å².